The molecular weight excluding hydrogens is 275 g/mol. The molecule has 7 heteroatoms. The first-order chi connectivity index (χ1) is 10.1. The maximum Gasteiger partial charge on any atom is 0.319 e. The number of rotatable bonds is 3. The smallest absolute Gasteiger partial charge is 0.319 e. The average molecular weight is 294 g/mol. The molecule has 4 amide bonds. The summed E-state index contributed by atoms with van der Waals surface area (Å²) in [5, 5.41) is 8.16. The van der Waals surface area contributed by atoms with Gasteiger partial charge >= 0.3 is 12.1 Å². The van der Waals surface area contributed by atoms with Crippen LogP contribution in [0.4, 0.5) is 19.7 Å². The van der Waals surface area contributed by atoms with Gasteiger partial charge in [0.25, 0.3) is 0 Å². The summed E-state index contributed by atoms with van der Waals surface area (Å²) in [6.07, 6.45) is 0.716. The van der Waals surface area contributed by atoms with Gasteiger partial charge in [0.05, 0.1) is 0 Å². The number of nitrogens with zero attached hydrogens (tertiary/aromatic N) is 1. The van der Waals surface area contributed by atoms with Crippen LogP contribution in [0.5, 0.6) is 0 Å². The van der Waals surface area contributed by atoms with Crippen molar-refractivity contribution in [1.82, 2.24) is 15.5 Å². The lowest BCUT2D eigenvalue weighted by Gasteiger charge is -2.17. The SMILES string of the molecule is CCNC(=O)N1CCC(NC(=O)Nc2ccc(F)cc2)C1. The molecule has 0 saturated carbocycles. The largest absolute Gasteiger partial charge is 0.338 e. The van der Waals surface area contributed by atoms with E-state index in [9.17, 15) is 14.0 Å². The maximum absolute atomic E-state index is 12.8. The van der Waals surface area contributed by atoms with Crippen LogP contribution in [-0.2, 0) is 0 Å². The molecule has 2 rings (SSSR count). The second kappa shape index (κ2) is 6.92. The van der Waals surface area contributed by atoms with Crippen molar-refractivity contribution in [3.63, 3.8) is 0 Å². The Hall–Kier alpha value is -2.31. The van der Waals surface area contributed by atoms with Crippen molar-refractivity contribution < 1.29 is 14.0 Å². The first-order valence-corrected chi connectivity index (χ1v) is 6.94. The van der Waals surface area contributed by atoms with Gasteiger partial charge in [0, 0.05) is 31.4 Å². The fraction of sp³-hybridized carbons (Fsp3) is 0.429. The summed E-state index contributed by atoms with van der Waals surface area (Å²) < 4.78 is 12.8. The maximum atomic E-state index is 12.8. The Balaban J connectivity index is 1.78. The van der Waals surface area contributed by atoms with Gasteiger partial charge in [0.15, 0.2) is 0 Å². The lowest BCUT2D eigenvalue weighted by molar-refractivity contribution is 0.208. The predicted molar refractivity (Wildman–Crippen MR) is 77.6 cm³/mol. The van der Waals surface area contributed by atoms with Gasteiger partial charge < -0.3 is 20.9 Å². The number of amides is 4. The van der Waals surface area contributed by atoms with Crippen LogP contribution < -0.4 is 16.0 Å². The number of benzene rings is 1. The van der Waals surface area contributed by atoms with Crippen molar-refractivity contribution in [2.24, 2.45) is 0 Å². The highest BCUT2D eigenvalue weighted by Gasteiger charge is 2.26. The number of halogens is 1. The Kier molecular flexibility index (Phi) is 4.97. The van der Waals surface area contributed by atoms with Crippen molar-refractivity contribution >= 4 is 17.7 Å². The van der Waals surface area contributed by atoms with E-state index in [0.717, 1.165) is 0 Å². The van der Waals surface area contributed by atoms with Crippen LogP contribution in [0.1, 0.15) is 13.3 Å². The Bertz CT molecular complexity index is 506. The van der Waals surface area contributed by atoms with Gasteiger partial charge in [0.1, 0.15) is 5.82 Å². The zero-order valence-electron chi connectivity index (χ0n) is 11.9. The Labute approximate surface area is 122 Å². The number of carbonyl (C=O) groups excluding carboxylic acids is 2. The van der Waals surface area contributed by atoms with E-state index in [0.29, 0.717) is 31.7 Å². The molecule has 0 aliphatic carbocycles. The third-order valence-electron chi connectivity index (χ3n) is 3.24. The molecule has 1 aromatic rings. The fourth-order valence-corrected chi connectivity index (χ4v) is 2.21. The molecule has 0 aromatic heterocycles. The molecule has 1 unspecified atom stereocenters. The van der Waals surface area contributed by atoms with Crippen LogP contribution in [-0.4, -0.2) is 42.6 Å². The van der Waals surface area contributed by atoms with Crippen molar-refractivity contribution in [3.05, 3.63) is 30.1 Å². The van der Waals surface area contributed by atoms with Crippen LogP contribution in [0.15, 0.2) is 24.3 Å². The molecule has 1 aromatic carbocycles. The van der Waals surface area contributed by atoms with Gasteiger partial charge in [-0.05, 0) is 37.6 Å². The zero-order valence-corrected chi connectivity index (χ0v) is 11.9. The molecule has 21 heavy (non-hydrogen) atoms. The van der Waals surface area contributed by atoms with Crippen molar-refractivity contribution in [2.45, 2.75) is 19.4 Å². The van der Waals surface area contributed by atoms with E-state index < -0.39 is 0 Å². The second-order valence-electron chi connectivity index (χ2n) is 4.87. The molecule has 3 N–H and O–H groups in total. The van der Waals surface area contributed by atoms with Gasteiger partial charge in [0.2, 0.25) is 0 Å². The van der Waals surface area contributed by atoms with E-state index >= 15 is 0 Å². The predicted octanol–water partition coefficient (Wildman–Crippen LogP) is 1.75. The van der Waals surface area contributed by atoms with Crippen molar-refractivity contribution in [1.29, 1.82) is 0 Å². The van der Waals surface area contributed by atoms with Gasteiger partial charge in [-0.2, -0.15) is 0 Å². The molecule has 1 saturated heterocycles. The minimum absolute atomic E-state index is 0.0759. The van der Waals surface area contributed by atoms with E-state index in [4.69, 9.17) is 0 Å². The quantitative estimate of drug-likeness (QED) is 0.794. The molecule has 1 fully saturated rings. The lowest BCUT2D eigenvalue weighted by atomic mass is 10.3. The van der Waals surface area contributed by atoms with Crippen LogP contribution in [0, 0.1) is 5.82 Å². The molecular formula is C14H19FN4O2. The number of carbonyl (C=O) groups is 2. The van der Waals surface area contributed by atoms with E-state index in [1.807, 2.05) is 6.92 Å². The number of nitrogens with one attached hydrogen (secondary N) is 3. The van der Waals surface area contributed by atoms with Crippen LogP contribution in [0.2, 0.25) is 0 Å². The van der Waals surface area contributed by atoms with Crippen LogP contribution >= 0.6 is 0 Å². The number of hydrogen-bond acceptors (Lipinski definition) is 2. The van der Waals surface area contributed by atoms with Crippen LogP contribution in [0.3, 0.4) is 0 Å². The number of anilines is 1. The van der Waals surface area contributed by atoms with E-state index in [1.54, 1.807) is 4.90 Å². The highest BCUT2D eigenvalue weighted by molar-refractivity contribution is 5.89. The average Bonchev–Trinajstić information content (AvgIpc) is 2.90. The van der Waals surface area contributed by atoms with Crippen LogP contribution in [0.25, 0.3) is 0 Å². The van der Waals surface area contributed by atoms with Gasteiger partial charge in [-0.25, -0.2) is 14.0 Å². The number of hydrogen-bond donors (Lipinski definition) is 3. The van der Waals surface area contributed by atoms with Gasteiger partial charge in [-0.15, -0.1) is 0 Å². The highest BCUT2D eigenvalue weighted by Crippen LogP contribution is 2.11. The molecule has 114 valence electrons. The van der Waals surface area contributed by atoms with Gasteiger partial charge in [-0.1, -0.05) is 0 Å². The summed E-state index contributed by atoms with van der Waals surface area (Å²) in [4.78, 5) is 25.1. The monoisotopic (exact) mass is 294 g/mol. The fourth-order valence-electron chi connectivity index (χ4n) is 2.21. The zero-order chi connectivity index (χ0) is 15.2. The topological polar surface area (TPSA) is 73.5 Å². The minimum Gasteiger partial charge on any atom is -0.338 e. The summed E-state index contributed by atoms with van der Waals surface area (Å²) in [5.74, 6) is -0.352. The third-order valence-corrected chi connectivity index (χ3v) is 3.24. The summed E-state index contributed by atoms with van der Waals surface area (Å²) in [5.41, 5.74) is 0.521. The summed E-state index contributed by atoms with van der Waals surface area (Å²) >= 11 is 0. The molecule has 1 aliphatic rings. The molecule has 1 aliphatic heterocycles. The lowest BCUT2D eigenvalue weighted by Crippen LogP contribution is -2.43. The second-order valence-corrected chi connectivity index (χ2v) is 4.87. The Morgan fingerprint density at radius 2 is 2.05 bits per heavy atom. The molecule has 6 nitrogen and oxygen atoms in total. The van der Waals surface area contributed by atoms with E-state index in [-0.39, 0.29) is 23.9 Å². The van der Waals surface area contributed by atoms with Crippen molar-refractivity contribution in [2.75, 3.05) is 25.0 Å². The first-order valence-electron chi connectivity index (χ1n) is 6.94. The molecule has 0 radical (unpaired) electrons. The Morgan fingerprint density at radius 1 is 1.33 bits per heavy atom. The molecule has 0 spiro atoms. The van der Waals surface area contributed by atoms with Crippen molar-refractivity contribution in [3.8, 4) is 0 Å². The summed E-state index contributed by atoms with van der Waals surface area (Å²) in [6.45, 7) is 3.55. The minimum atomic E-state index is -0.357. The molecule has 1 atom stereocenters. The van der Waals surface area contributed by atoms with Gasteiger partial charge in [-0.3, -0.25) is 0 Å². The Morgan fingerprint density at radius 3 is 2.71 bits per heavy atom. The van der Waals surface area contributed by atoms with E-state index in [1.165, 1.54) is 24.3 Å². The van der Waals surface area contributed by atoms with E-state index in [2.05, 4.69) is 16.0 Å². The normalized spacial score (nSPS) is 17.4. The highest BCUT2D eigenvalue weighted by atomic mass is 19.1. The summed E-state index contributed by atoms with van der Waals surface area (Å²) in [6, 6.07) is 5.00. The molecule has 1 heterocycles. The standard InChI is InChI=1S/C14H19FN4O2/c1-2-16-14(21)19-8-7-12(9-19)18-13(20)17-11-5-3-10(15)4-6-11/h3-6,12H,2,7-9H2,1H3,(H,16,21)(H2,17,18,20). The first kappa shape index (κ1) is 15.1. The number of likely N-dealkylation sites (tertiary alicyclic amines) is 1. The summed E-state index contributed by atoms with van der Waals surface area (Å²) in [7, 11) is 0. The molecule has 0 bridgehead atoms. The number of urea groups is 2. The third kappa shape index (κ3) is 4.34.